The predicted octanol–water partition coefficient (Wildman–Crippen LogP) is 0.194. The van der Waals surface area contributed by atoms with Gasteiger partial charge in [-0.1, -0.05) is 24.3 Å². The summed E-state index contributed by atoms with van der Waals surface area (Å²) >= 11 is 0. The van der Waals surface area contributed by atoms with Crippen LogP contribution in [0.3, 0.4) is 0 Å². The Morgan fingerprint density at radius 1 is 1.40 bits per heavy atom. The van der Waals surface area contributed by atoms with Crippen LogP contribution in [0.25, 0.3) is 0 Å². The Balaban J connectivity index is 2.34. The zero-order valence-electron chi connectivity index (χ0n) is 8.34. The van der Waals surface area contributed by atoms with Crippen LogP contribution in [0.1, 0.15) is 17.2 Å². The fourth-order valence-electron chi connectivity index (χ4n) is 1.95. The van der Waals surface area contributed by atoms with Crippen molar-refractivity contribution in [1.29, 1.82) is 0 Å². The molecule has 0 saturated carbocycles. The van der Waals surface area contributed by atoms with E-state index in [0.29, 0.717) is 6.42 Å². The highest BCUT2D eigenvalue weighted by molar-refractivity contribution is 7.88. The summed E-state index contributed by atoms with van der Waals surface area (Å²) in [5.41, 5.74) is 1.88. The molecule has 5 heteroatoms. The number of rotatable bonds is 2. The number of aliphatic hydroxyl groups excluding tert-OH is 1. The van der Waals surface area contributed by atoms with Gasteiger partial charge >= 0.3 is 0 Å². The van der Waals surface area contributed by atoms with Crippen molar-refractivity contribution < 1.29 is 13.5 Å². The van der Waals surface area contributed by atoms with Crippen LogP contribution in [0, 0.1) is 0 Å². The van der Waals surface area contributed by atoms with Crippen LogP contribution in [0.15, 0.2) is 24.3 Å². The van der Waals surface area contributed by atoms with Gasteiger partial charge in [-0.25, -0.2) is 13.1 Å². The quantitative estimate of drug-likeness (QED) is 0.758. The number of aliphatic hydroxyl groups is 1. The number of nitrogens with one attached hydrogen (secondary N) is 1. The lowest BCUT2D eigenvalue weighted by Gasteiger charge is -2.15. The molecule has 0 spiro atoms. The molecule has 0 heterocycles. The van der Waals surface area contributed by atoms with Gasteiger partial charge in [-0.2, -0.15) is 0 Å². The van der Waals surface area contributed by atoms with Crippen molar-refractivity contribution in [3.05, 3.63) is 35.4 Å². The van der Waals surface area contributed by atoms with E-state index in [1.54, 1.807) is 0 Å². The first-order chi connectivity index (χ1) is 6.97. The van der Waals surface area contributed by atoms with E-state index < -0.39 is 22.2 Å². The molecule has 0 aliphatic heterocycles. The summed E-state index contributed by atoms with van der Waals surface area (Å²) in [6, 6.07) is 6.97. The average Bonchev–Trinajstić information content (AvgIpc) is 2.41. The number of benzene rings is 1. The standard InChI is InChI=1S/C10H13NO3S/c1-15(13,14)11-10-8-5-3-2-4-7(8)6-9(10)12/h2-5,9-12H,6H2,1H3/t9-,10+/m1/s1. The molecule has 0 fully saturated rings. The summed E-state index contributed by atoms with van der Waals surface area (Å²) in [5, 5.41) is 9.75. The normalized spacial score (nSPS) is 25.2. The number of fused-ring (bicyclic) bond motifs is 1. The van der Waals surface area contributed by atoms with Crippen LogP contribution in [0.4, 0.5) is 0 Å². The second-order valence-electron chi connectivity index (χ2n) is 3.84. The Morgan fingerprint density at radius 2 is 2.07 bits per heavy atom. The molecule has 1 aliphatic carbocycles. The van der Waals surface area contributed by atoms with E-state index >= 15 is 0 Å². The van der Waals surface area contributed by atoms with Gasteiger partial charge < -0.3 is 5.11 Å². The van der Waals surface area contributed by atoms with Crippen molar-refractivity contribution in [2.45, 2.75) is 18.6 Å². The van der Waals surface area contributed by atoms with E-state index in [1.807, 2.05) is 24.3 Å². The molecule has 0 unspecified atom stereocenters. The fraction of sp³-hybridized carbons (Fsp3) is 0.400. The topological polar surface area (TPSA) is 66.4 Å². The molecule has 2 N–H and O–H groups in total. The molecule has 2 atom stereocenters. The van der Waals surface area contributed by atoms with Crippen molar-refractivity contribution >= 4 is 10.0 Å². The highest BCUT2D eigenvalue weighted by Crippen LogP contribution is 2.31. The molecule has 1 aliphatic rings. The minimum absolute atomic E-state index is 0.503. The summed E-state index contributed by atoms with van der Waals surface area (Å²) in [6.07, 6.45) is 0.932. The lowest BCUT2D eigenvalue weighted by molar-refractivity contribution is 0.152. The molecule has 0 bridgehead atoms. The fourth-order valence-corrected chi connectivity index (χ4v) is 2.69. The minimum Gasteiger partial charge on any atom is -0.391 e. The van der Waals surface area contributed by atoms with Crippen LogP contribution >= 0.6 is 0 Å². The summed E-state index contributed by atoms with van der Waals surface area (Å²) in [6.45, 7) is 0. The maximum atomic E-state index is 11.1. The zero-order valence-corrected chi connectivity index (χ0v) is 9.16. The lowest BCUT2D eigenvalue weighted by Crippen LogP contribution is -2.32. The van der Waals surface area contributed by atoms with Crippen molar-refractivity contribution in [2.75, 3.05) is 6.26 Å². The van der Waals surface area contributed by atoms with Gasteiger partial charge in [0, 0.05) is 6.42 Å². The molecular formula is C10H13NO3S. The molecule has 0 saturated heterocycles. The maximum absolute atomic E-state index is 11.1. The molecule has 0 amide bonds. The Morgan fingerprint density at radius 3 is 2.73 bits per heavy atom. The molecule has 0 aromatic heterocycles. The molecule has 1 aromatic rings. The first-order valence-corrected chi connectivity index (χ1v) is 6.60. The molecule has 82 valence electrons. The third-order valence-electron chi connectivity index (χ3n) is 2.55. The Bertz CT molecular complexity index is 469. The highest BCUT2D eigenvalue weighted by atomic mass is 32.2. The van der Waals surface area contributed by atoms with E-state index in [9.17, 15) is 13.5 Å². The average molecular weight is 227 g/mol. The SMILES string of the molecule is CS(=O)(=O)N[C@H]1c2ccccc2C[C@H]1O. The highest BCUT2D eigenvalue weighted by Gasteiger charge is 2.32. The van der Waals surface area contributed by atoms with Crippen LogP contribution in [0.5, 0.6) is 0 Å². The van der Waals surface area contributed by atoms with Gasteiger partial charge in [0.2, 0.25) is 10.0 Å². The summed E-state index contributed by atoms with van der Waals surface area (Å²) in [4.78, 5) is 0. The summed E-state index contributed by atoms with van der Waals surface area (Å²) in [5.74, 6) is 0. The summed E-state index contributed by atoms with van der Waals surface area (Å²) < 4.78 is 24.7. The van der Waals surface area contributed by atoms with Gasteiger partial charge in [0.25, 0.3) is 0 Å². The van der Waals surface area contributed by atoms with Gasteiger partial charge in [0.1, 0.15) is 0 Å². The van der Waals surface area contributed by atoms with Crippen molar-refractivity contribution in [1.82, 2.24) is 4.72 Å². The zero-order chi connectivity index (χ0) is 11.1. The van der Waals surface area contributed by atoms with Gasteiger partial charge in [0.05, 0.1) is 18.4 Å². The maximum Gasteiger partial charge on any atom is 0.209 e. The van der Waals surface area contributed by atoms with E-state index in [1.165, 1.54) is 0 Å². The minimum atomic E-state index is -3.29. The first kappa shape index (κ1) is 10.6. The van der Waals surface area contributed by atoms with E-state index in [2.05, 4.69) is 4.72 Å². The van der Waals surface area contributed by atoms with Crippen LogP contribution in [-0.4, -0.2) is 25.9 Å². The van der Waals surface area contributed by atoms with Gasteiger partial charge in [-0.15, -0.1) is 0 Å². The third kappa shape index (κ3) is 2.19. The van der Waals surface area contributed by atoms with Crippen LogP contribution in [-0.2, 0) is 16.4 Å². The van der Waals surface area contributed by atoms with E-state index in [-0.39, 0.29) is 0 Å². The number of hydrogen-bond donors (Lipinski definition) is 2. The van der Waals surface area contributed by atoms with Crippen LogP contribution < -0.4 is 4.72 Å². The number of sulfonamides is 1. The lowest BCUT2D eigenvalue weighted by atomic mass is 10.1. The molecule has 4 nitrogen and oxygen atoms in total. The first-order valence-electron chi connectivity index (χ1n) is 4.70. The molecular weight excluding hydrogens is 214 g/mol. The van der Waals surface area contributed by atoms with Crippen LogP contribution in [0.2, 0.25) is 0 Å². The summed E-state index contributed by atoms with van der Waals surface area (Å²) in [7, 11) is -3.29. The third-order valence-corrected chi connectivity index (χ3v) is 3.23. The number of hydrogen-bond acceptors (Lipinski definition) is 3. The predicted molar refractivity (Wildman–Crippen MR) is 56.9 cm³/mol. The Hall–Kier alpha value is -0.910. The van der Waals surface area contributed by atoms with E-state index in [4.69, 9.17) is 0 Å². The van der Waals surface area contributed by atoms with Crippen molar-refractivity contribution in [3.63, 3.8) is 0 Å². The van der Waals surface area contributed by atoms with Gasteiger partial charge in [-0.3, -0.25) is 0 Å². The van der Waals surface area contributed by atoms with Crippen molar-refractivity contribution in [3.8, 4) is 0 Å². The Kier molecular flexibility index (Phi) is 2.54. The second kappa shape index (κ2) is 3.59. The molecule has 0 radical (unpaired) electrons. The monoisotopic (exact) mass is 227 g/mol. The van der Waals surface area contributed by atoms with Gasteiger partial charge in [0.15, 0.2) is 0 Å². The largest absolute Gasteiger partial charge is 0.391 e. The second-order valence-corrected chi connectivity index (χ2v) is 5.62. The van der Waals surface area contributed by atoms with Gasteiger partial charge in [-0.05, 0) is 11.1 Å². The molecule has 15 heavy (non-hydrogen) atoms. The van der Waals surface area contributed by atoms with Crippen molar-refractivity contribution in [2.24, 2.45) is 0 Å². The smallest absolute Gasteiger partial charge is 0.209 e. The molecule has 2 rings (SSSR count). The Labute approximate surface area is 89.0 Å². The molecule has 1 aromatic carbocycles. The van der Waals surface area contributed by atoms with E-state index in [0.717, 1.165) is 17.4 Å².